The van der Waals surface area contributed by atoms with Crippen molar-refractivity contribution in [3.63, 3.8) is 0 Å². The number of hydrogen-bond donors (Lipinski definition) is 2. The van der Waals surface area contributed by atoms with Crippen molar-refractivity contribution >= 4 is 5.97 Å². The van der Waals surface area contributed by atoms with Gasteiger partial charge in [-0.15, -0.1) is 0 Å². The zero-order chi connectivity index (χ0) is 22.6. The summed E-state index contributed by atoms with van der Waals surface area (Å²) in [5.74, 6) is -2.02. The van der Waals surface area contributed by atoms with Crippen LogP contribution in [-0.4, -0.2) is 24.2 Å². The Kier molecular flexibility index (Phi) is 7.42. The molecule has 1 aliphatic heterocycles. The first-order chi connectivity index (χ1) is 14.7. The van der Waals surface area contributed by atoms with E-state index in [4.69, 9.17) is 0 Å². The Morgan fingerprint density at radius 2 is 1.74 bits per heavy atom. The van der Waals surface area contributed by atoms with Crippen LogP contribution in [-0.2, 0) is 17.4 Å². The van der Waals surface area contributed by atoms with Gasteiger partial charge >= 0.3 is 12.1 Å². The molecular formula is C25H30F3NO2. The molecule has 1 fully saturated rings. The molecule has 6 heteroatoms. The highest BCUT2D eigenvalue weighted by molar-refractivity contribution is 5.72. The number of rotatable bonds is 7. The van der Waals surface area contributed by atoms with Crippen LogP contribution in [0.25, 0.3) is 11.1 Å². The van der Waals surface area contributed by atoms with Crippen LogP contribution in [0.5, 0.6) is 0 Å². The maximum absolute atomic E-state index is 14.3. The quantitative estimate of drug-likeness (QED) is 0.552. The highest BCUT2D eigenvalue weighted by Gasteiger charge is 2.39. The molecule has 0 amide bonds. The van der Waals surface area contributed by atoms with Crippen LogP contribution >= 0.6 is 0 Å². The topological polar surface area (TPSA) is 49.3 Å². The van der Waals surface area contributed by atoms with Crippen LogP contribution in [0.4, 0.5) is 13.2 Å². The van der Waals surface area contributed by atoms with E-state index >= 15 is 0 Å². The van der Waals surface area contributed by atoms with E-state index < -0.39 is 23.6 Å². The van der Waals surface area contributed by atoms with Gasteiger partial charge in [0, 0.05) is 0 Å². The summed E-state index contributed by atoms with van der Waals surface area (Å²) in [7, 11) is 0. The first kappa shape index (κ1) is 23.3. The number of hydrogen-bond acceptors (Lipinski definition) is 2. The third-order valence-corrected chi connectivity index (χ3v) is 5.99. The SMILES string of the molecule is CC(C)CC(Cc1cc(-c2ccccc2)cc(C2CCNCC2)c1C(F)(F)F)C(=O)O. The second-order valence-corrected chi connectivity index (χ2v) is 8.86. The lowest BCUT2D eigenvalue weighted by Gasteiger charge is -2.29. The fourth-order valence-electron chi connectivity index (χ4n) is 4.59. The van der Waals surface area contributed by atoms with Crippen LogP contribution < -0.4 is 5.32 Å². The lowest BCUT2D eigenvalue weighted by molar-refractivity contribution is -0.144. The zero-order valence-corrected chi connectivity index (χ0v) is 18.0. The van der Waals surface area contributed by atoms with Crippen molar-refractivity contribution in [1.29, 1.82) is 0 Å². The molecule has 0 radical (unpaired) electrons. The Hall–Kier alpha value is -2.34. The summed E-state index contributed by atoms with van der Waals surface area (Å²) in [5.41, 5.74) is 1.32. The summed E-state index contributed by atoms with van der Waals surface area (Å²) < 4.78 is 43.0. The number of carboxylic acid groups (broad SMARTS) is 1. The van der Waals surface area contributed by atoms with E-state index in [1.54, 1.807) is 12.1 Å². The zero-order valence-electron chi connectivity index (χ0n) is 18.0. The van der Waals surface area contributed by atoms with Crippen LogP contribution in [0.1, 0.15) is 55.7 Å². The Morgan fingerprint density at radius 1 is 1.10 bits per heavy atom. The van der Waals surface area contributed by atoms with Crippen molar-refractivity contribution in [2.24, 2.45) is 11.8 Å². The third-order valence-electron chi connectivity index (χ3n) is 5.99. The van der Waals surface area contributed by atoms with Gasteiger partial charge in [-0.25, -0.2) is 0 Å². The van der Waals surface area contributed by atoms with Gasteiger partial charge in [-0.05, 0) is 72.9 Å². The molecule has 2 N–H and O–H groups in total. The second kappa shape index (κ2) is 9.86. The summed E-state index contributed by atoms with van der Waals surface area (Å²) in [6.45, 7) is 5.14. The molecule has 2 aromatic carbocycles. The lowest BCUT2D eigenvalue weighted by Crippen LogP contribution is -2.29. The molecule has 0 aromatic heterocycles. The fraction of sp³-hybridized carbons (Fsp3) is 0.480. The molecule has 1 aliphatic rings. The summed E-state index contributed by atoms with van der Waals surface area (Å²) in [6, 6.07) is 12.6. The molecule has 1 atom stereocenters. The number of carboxylic acids is 1. The van der Waals surface area contributed by atoms with Crippen molar-refractivity contribution in [1.82, 2.24) is 5.32 Å². The summed E-state index contributed by atoms with van der Waals surface area (Å²) in [5, 5.41) is 12.9. The van der Waals surface area contributed by atoms with Gasteiger partial charge in [-0.2, -0.15) is 13.2 Å². The minimum atomic E-state index is -4.54. The van der Waals surface area contributed by atoms with Gasteiger partial charge in [0.15, 0.2) is 0 Å². The van der Waals surface area contributed by atoms with Crippen molar-refractivity contribution in [3.8, 4) is 11.1 Å². The van der Waals surface area contributed by atoms with E-state index in [1.165, 1.54) is 0 Å². The minimum Gasteiger partial charge on any atom is -0.481 e. The van der Waals surface area contributed by atoms with Gasteiger partial charge in [0.2, 0.25) is 0 Å². The predicted octanol–water partition coefficient (Wildman–Crippen LogP) is 6.13. The molecule has 2 aromatic rings. The molecule has 0 bridgehead atoms. The molecule has 1 unspecified atom stereocenters. The number of carbonyl (C=O) groups is 1. The average molecular weight is 434 g/mol. The van der Waals surface area contributed by atoms with Crippen LogP contribution in [0, 0.1) is 11.8 Å². The number of aliphatic carboxylic acids is 1. The molecule has 3 rings (SSSR count). The van der Waals surface area contributed by atoms with Crippen molar-refractivity contribution in [2.75, 3.05) is 13.1 Å². The summed E-state index contributed by atoms with van der Waals surface area (Å²) in [6.07, 6.45) is -3.05. The number of benzene rings is 2. The second-order valence-electron chi connectivity index (χ2n) is 8.86. The van der Waals surface area contributed by atoms with Crippen molar-refractivity contribution in [3.05, 3.63) is 59.2 Å². The first-order valence-electron chi connectivity index (χ1n) is 10.9. The largest absolute Gasteiger partial charge is 0.481 e. The molecule has 0 spiro atoms. The Labute approximate surface area is 181 Å². The maximum Gasteiger partial charge on any atom is 0.416 e. The van der Waals surface area contributed by atoms with Gasteiger partial charge in [-0.3, -0.25) is 4.79 Å². The molecule has 31 heavy (non-hydrogen) atoms. The van der Waals surface area contributed by atoms with Gasteiger partial charge < -0.3 is 10.4 Å². The number of halogens is 3. The number of piperidine rings is 1. The molecule has 3 nitrogen and oxygen atoms in total. The van der Waals surface area contributed by atoms with Crippen molar-refractivity contribution < 1.29 is 23.1 Å². The smallest absolute Gasteiger partial charge is 0.416 e. The fourth-order valence-corrected chi connectivity index (χ4v) is 4.59. The van der Waals surface area contributed by atoms with Gasteiger partial charge in [0.05, 0.1) is 11.5 Å². The summed E-state index contributed by atoms with van der Waals surface area (Å²) >= 11 is 0. The highest BCUT2D eigenvalue weighted by Crippen LogP contribution is 2.43. The molecule has 168 valence electrons. The van der Waals surface area contributed by atoms with Crippen LogP contribution in [0.3, 0.4) is 0 Å². The van der Waals surface area contributed by atoms with Crippen LogP contribution in [0.15, 0.2) is 42.5 Å². The molecule has 1 saturated heterocycles. The third kappa shape index (κ3) is 5.88. The standard InChI is InChI=1S/C25H30F3NO2/c1-16(2)12-21(24(30)31)14-20-13-19(17-6-4-3-5-7-17)15-22(23(20)25(26,27)28)18-8-10-29-11-9-18/h3-7,13,15-16,18,21,29H,8-12,14H2,1-2H3,(H,30,31). The van der Waals surface area contributed by atoms with Gasteiger partial charge in [0.25, 0.3) is 0 Å². The van der Waals surface area contributed by atoms with Crippen molar-refractivity contribution in [2.45, 2.75) is 51.6 Å². The van der Waals surface area contributed by atoms with Gasteiger partial charge in [-0.1, -0.05) is 56.3 Å². The molecule has 1 heterocycles. The highest BCUT2D eigenvalue weighted by atomic mass is 19.4. The Morgan fingerprint density at radius 3 is 2.29 bits per heavy atom. The normalized spacial score (nSPS) is 16.5. The lowest BCUT2D eigenvalue weighted by atomic mass is 9.80. The Balaban J connectivity index is 2.18. The number of alkyl halides is 3. The molecule has 0 aliphatic carbocycles. The first-order valence-corrected chi connectivity index (χ1v) is 10.9. The van der Waals surface area contributed by atoms with E-state index in [1.807, 2.05) is 44.2 Å². The predicted molar refractivity (Wildman–Crippen MR) is 116 cm³/mol. The average Bonchev–Trinajstić information content (AvgIpc) is 2.73. The monoisotopic (exact) mass is 433 g/mol. The van der Waals surface area contributed by atoms with Gasteiger partial charge in [0.1, 0.15) is 0 Å². The summed E-state index contributed by atoms with van der Waals surface area (Å²) in [4.78, 5) is 11.9. The maximum atomic E-state index is 14.3. The van der Waals surface area contributed by atoms with E-state index in [9.17, 15) is 23.1 Å². The number of nitrogens with one attached hydrogen (secondary N) is 1. The molecule has 0 saturated carbocycles. The van der Waals surface area contributed by atoms with E-state index in [-0.39, 0.29) is 23.8 Å². The van der Waals surface area contributed by atoms with Crippen LogP contribution in [0.2, 0.25) is 0 Å². The van der Waals surface area contributed by atoms with E-state index in [2.05, 4.69) is 5.32 Å². The Bertz CT molecular complexity index is 888. The molecular weight excluding hydrogens is 403 g/mol. The minimum absolute atomic E-state index is 0.0802. The van der Waals surface area contributed by atoms with E-state index in [0.717, 1.165) is 5.56 Å². The van der Waals surface area contributed by atoms with E-state index in [0.29, 0.717) is 43.5 Å².